The molecule has 102 valence electrons. The second kappa shape index (κ2) is 7.54. The van der Waals surface area contributed by atoms with E-state index in [-0.39, 0.29) is 6.04 Å². The highest BCUT2D eigenvalue weighted by molar-refractivity contribution is 6.30. The first-order valence-electron chi connectivity index (χ1n) is 6.35. The standard InChI is InChI=1S/C13H22ClN3O/c1-5-6-10-12(14)15-8-16-13(10)17-11(7-18-4)9(2)3/h8-9,11H,5-7H2,1-4H3,(H,15,16,17). The van der Waals surface area contributed by atoms with Gasteiger partial charge in [-0.15, -0.1) is 0 Å². The molecule has 1 rings (SSSR count). The Morgan fingerprint density at radius 2 is 2.11 bits per heavy atom. The maximum absolute atomic E-state index is 6.13. The van der Waals surface area contributed by atoms with Crippen LogP contribution in [-0.4, -0.2) is 29.7 Å². The third kappa shape index (κ3) is 4.10. The van der Waals surface area contributed by atoms with Crippen molar-refractivity contribution in [1.82, 2.24) is 9.97 Å². The highest BCUT2D eigenvalue weighted by Gasteiger charge is 2.16. The summed E-state index contributed by atoms with van der Waals surface area (Å²) in [7, 11) is 1.71. The maximum atomic E-state index is 6.13. The number of nitrogens with zero attached hydrogens (tertiary/aromatic N) is 2. The van der Waals surface area contributed by atoms with Crippen LogP contribution in [0.15, 0.2) is 6.33 Å². The minimum absolute atomic E-state index is 0.219. The second-order valence-corrected chi connectivity index (χ2v) is 5.05. The third-order valence-electron chi connectivity index (χ3n) is 2.87. The molecule has 1 aromatic rings. The summed E-state index contributed by atoms with van der Waals surface area (Å²) in [5.74, 6) is 1.28. The molecule has 1 N–H and O–H groups in total. The predicted molar refractivity (Wildman–Crippen MR) is 75.2 cm³/mol. The third-order valence-corrected chi connectivity index (χ3v) is 3.19. The van der Waals surface area contributed by atoms with E-state index in [1.165, 1.54) is 6.33 Å². The van der Waals surface area contributed by atoms with Crippen molar-refractivity contribution in [3.05, 3.63) is 17.0 Å². The van der Waals surface area contributed by atoms with E-state index in [0.717, 1.165) is 24.2 Å². The van der Waals surface area contributed by atoms with Crippen molar-refractivity contribution in [2.75, 3.05) is 19.0 Å². The largest absolute Gasteiger partial charge is 0.383 e. The first-order valence-corrected chi connectivity index (χ1v) is 6.72. The van der Waals surface area contributed by atoms with Crippen LogP contribution >= 0.6 is 11.6 Å². The van der Waals surface area contributed by atoms with Gasteiger partial charge in [0.2, 0.25) is 0 Å². The van der Waals surface area contributed by atoms with Gasteiger partial charge in [-0.05, 0) is 12.3 Å². The normalized spacial score (nSPS) is 12.8. The zero-order valence-corrected chi connectivity index (χ0v) is 12.3. The molecule has 0 aliphatic rings. The molecule has 0 saturated heterocycles. The first-order chi connectivity index (χ1) is 8.60. The van der Waals surface area contributed by atoms with Crippen LogP contribution in [0.25, 0.3) is 0 Å². The van der Waals surface area contributed by atoms with E-state index in [4.69, 9.17) is 16.3 Å². The molecule has 0 aromatic carbocycles. The average Bonchev–Trinajstić information content (AvgIpc) is 2.32. The number of halogens is 1. The lowest BCUT2D eigenvalue weighted by Gasteiger charge is -2.23. The summed E-state index contributed by atoms with van der Waals surface area (Å²) in [6.45, 7) is 7.06. The Balaban J connectivity index is 2.90. The second-order valence-electron chi connectivity index (χ2n) is 4.69. The highest BCUT2D eigenvalue weighted by Crippen LogP contribution is 2.23. The van der Waals surface area contributed by atoms with Gasteiger partial charge in [0.1, 0.15) is 17.3 Å². The van der Waals surface area contributed by atoms with Gasteiger partial charge in [0.15, 0.2) is 0 Å². The van der Waals surface area contributed by atoms with Crippen molar-refractivity contribution in [1.29, 1.82) is 0 Å². The van der Waals surface area contributed by atoms with Crippen LogP contribution in [0.2, 0.25) is 5.15 Å². The van der Waals surface area contributed by atoms with E-state index in [0.29, 0.717) is 17.7 Å². The van der Waals surface area contributed by atoms with E-state index < -0.39 is 0 Å². The summed E-state index contributed by atoms with van der Waals surface area (Å²) < 4.78 is 5.23. The van der Waals surface area contributed by atoms with Crippen LogP contribution in [0.1, 0.15) is 32.8 Å². The van der Waals surface area contributed by atoms with Gasteiger partial charge in [0.05, 0.1) is 12.6 Å². The molecule has 1 heterocycles. The molecule has 0 fully saturated rings. The predicted octanol–water partition coefficient (Wildman–Crippen LogP) is 3.17. The Hall–Kier alpha value is -0.870. The molecular weight excluding hydrogens is 250 g/mol. The molecule has 0 radical (unpaired) electrons. The number of anilines is 1. The monoisotopic (exact) mass is 271 g/mol. The number of aromatic nitrogens is 2. The van der Waals surface area contributed by atoms with Crippen molar-refractivity contribution in [2.45, 2.75) is 39.7 Å². The van der Waals surface area contributed by atoms with Crippen molar-refractivity contribution in [2.24, 2.45) is 5.92 Å². The number of hydrogen-bond donors (Lipinski definition) is 1. The Kier molecular flexibility index (Phi) is 6.36. The molecule has 4 nitrogen and oxygen atoms in total. The lowest BCUT2D eigenvalue weighted by molar-refractivity contribution is 0.171. The fraction of sp³-hybridized carbons (Fsp3) is 0.692. The van der Waals surface area contributed by atoms with E-state index in [1.807, 2.05) is 0 Å². The molecule has 1 aromatic heterocycles. The van der Waals surface area contributed by atoms with Crippen molar-refractivity contribution < 1.29 is 4.74 Å². The van der Waals surface area contributed by atoms with Gasteiger partial charge in [-0.3, -0.25) is 0 Å². The lowest BCUT2D eigenvalue weighted by Crippen LogP contribution is -2.31. The summed E-state index contributed by atoms with van der Waals surface area (Å²) in [5, 5.41) is 3.95. The van der Waals surface area contributed by atoms with Crippen LogP contribution in [0, 0.1) is 5.92 Å². The minimum Gasteiger partial charge on any atom is -0.383 e. The number of ether oxygens (including phenoxy) is 1. The average molecular weight is 272 g/mol. The first kappa shape index (κ1) is 15.2. The minimum atomic E-state index is 0.219. The van der Waals surface area contributed by atoms with Gasteiger partial charge in [-0.1, -0.05) is 38.8 Å². The number of rotatable bonds is 7. The molecule has 18 heavy (non-hydrogen) atoms. The SMILES string of the molecule is CCCc1c(Cl)ncnc1NC(COC)C(C)C. The van der Waals surface area contributed by atoms with E-state index in [2.05, 4.69) is 36.1 Å². The molecular formula is C13H22ClN3O. The van der Waals surface area contributed by atoms with Crippen LogP contribution in [0.5, 0.6) is 0 Å². The van der Waals surface area contributed by atoms with Gasteiger partial charge < -0.3 is 10.1 Å². The van der Waals surface area contributed by atoms with Crippen LogP contribution in [-0.2, 0) is 11.2 Å². The van der Waals surface area contributed by atoms with Gasteiger partial charge in [0, 0.05) is 12.7 Å². The van der Waals surface area contributed by atoms with Gasteiger partial charge in [-0.2, -0.15) is 0 Å². The summed E-state index contributed by atoms with van der Waals surface area (Å²) in [4.78, 5) is 8.34. The molecule has 5 heteroatoms. The molecule has 0 saturated carbocycles. The smallest absolute Gasteiger partial charge is 0.137 e. The zero-order chi connectivity index (χ0) is 13.5. The fourth-order valence-corrected chi connectivity index (χ4v) is 1.97. The van der Waals surface area contributed by atoms with Crippen LogP contribution < -0.4 is 5.32 Å². The molecule has 1 atom stereocenters. The number of hydrogen-bond acceptors (Lipinski definition) is 4. The molecule has 0 bridgehead atoms. The Morgan fingerprint density at radius 1 is 1.39 bits per heavy atom. The van der Waals surface area contributed by atoms with Crippen molar-refractivity contribution in [3.8, 4) is 0 Å². The fourth-order valence-electron chi connectivity index (χ4n) is 1.74. The lowest BCUT2D eigenvalue weighted by atomic mass is 10.0. The molecule has 1 unspecified atom stereocenters. The van der Waals surface area contributed by atoms with Gasteiger partial charge in [0.25, 0.3) is 0 Å². The molecule has 0 spiro atoms. The number of methoxy groups -OCH3 is 1. The summed E-state index contributed by atoms with van der Waals surface area (Å²) in [5.41, 5.74) is 0.989. The molecule has 0 aliphatic carbocycles. The van der Waals surface area contributed by atoms with E-state index in [1.54, 1.807) is 7.11 Å². The molecule has 0 aliphatic heterocycles. The van der Waals surface area contributed by atoms with Crippen LogP contribution in [0.4, 0.5) is 5.82 Å². The zero-order valence-electron chi connectivity index (χ0n) is 11.5. The highest BCUT2D eigenvalue weighted by atomic mass is 35.5. The molecule has 0 amide bonds. The number of nitrogens with one attached hydrogen (secondary N) is 1. The topological polar surface area (TPSA) is 47.0 Å². The summed E-state index contributed by atoms with van der Waals surface area (Å²) in [6, 6.07) is 0.219. The van der Waals surface area contributed by atoms with Crippen molar-refractivity contribution >= 4 is 17.4 Å². The Morgan fingerprint density at radius 3 is 2.67 bits per heavy atom. The van der Waals surface area contributed by atoms with Gasteiger partial charge >= 0.3 is 0 Å². The maximum Gasteiger partial charge on any atom is 0.137 e. The van der Waals surface area contributed by atoms with E-state index >= 15 is 0 Å². The Labute approximate surface area is 114 Å². The summed E-state index contributed by atoms with van der Waals surface area (Å²) in [6.07, 6.45) is 3.38. The Bertz CT molecular complexity index is 371. The van der Waals surface area contributed by atoms with Crippen LogP contribution in [0.3, 0.4) is 0 Å². The van der Waals surface area contributed by atoms with E-state index in [9.17, 15) is 0 Å². The van der Waals surface area contributed by atoms with Crippen molar-refractivity contribution in [3.63, 3.8) is 0 Å². The van der Waals surface area contributed by atoms with Gasteiger partial charge in [-0.25, -0.2) is 9.97 Å². The quantitative estimate of drug-likeness (QED) is 0.774. The summed E-state index contributed by atoms with van der Waals surface area (Å²) >= 11 is 6.13.